The van der Waals surface area contributed by atoms with Crippen molar-refractivity contribution in [2.75, 3.05) is 6.61 Å². The number of rotatable bonds is 6. The highest BCUT2D eigenvalue weighted by molar-refractivity contribution is 9.10. The minimum absolute atomic E-state index is 0.137. The molecule has 140 valence electrons. The summed E-state index contributed by atoms with van der Waals surface area (Å²) in [4.78, 5) is 42.5. The molecule has 10 nitrogen and oxygen atoms in total. The zero-order chi connectivity index (χ0) is 19.6. The summed E-state index contributed by atoms with van der Waals surface area (Å²) in [5.74, 6) is -1.09. The fourth-order valence-electron chi connectivity index (χ4n) is 2.47. The largest absolute Gasteiger partial charge is 0.466 e. The number of aromatic nitrogens is 2. The summed E-state index contributed by atoms with van der Waals surface area (Å²) in [5.41, 5.74) is 2.34. The van der Waals surface area contributed by atoms with E-state index in [-0.39, 0.29) is 17.1 Å². The second-order valence-corrected chi connectivity index (χ2v) is 6.77. The Labute approximate surface area is 165 Å². The maximum Gasteiger partial charge on any atom is 0.276 e. The Morgan fingerprint density at radius 1 is 1.44 bits per heavy atom. The molecule has 0 spiro atoms. The average Bonchev–Trinajstić information content (AvgIpc) is 2.67. The summed E-state index contributed by atoms with van der Waals surface area (Å²) in [7, 11) is 0. The molecule has 2 atom stereocenters. The predicted octanol–water partition coefficient (Wildman–Crippen LogP) is 1.75. The van der Waals surface area contributed by atoms with Crippen LogP contribution in [-0.4, -0.2) is 43.7 Å². The summed E-state index contributed by atoms with van der Waals surface area (Å²) in [6, 6.07) is 3.49. The normalized spacial score (nSPS) is 18.6. The predicted molar refractivity (Wildman–Crippen MR) is 95.7 cm³/mol. The van der Waals surface area contributed by atoms with Gasteiger partial charge in [0.1, 0.15) is 11.4 Å². The van der Waals surface area contributed by atoms with E-state index in [1.165, 1.54) is 30.7 Å². The smallest absolute Gasteiger partial charge is 0.276 e. The number of amides is 2. The van der Waals surface area contributed by atoms with E-state index in [2.05, 4.69) is 31.3 Å². The Balaban J connectivity index is 1.73. The first-order chi connectivity index (χ1) is 12.9. The molecular weight excluding hydrogens is 446 g/mol. The zero-order valence-corrected chi connectivity index (χ0v) is 15.8. The highest BCUT2D eigenvalue weighted by Gasteiger charge is 2.50. The molecule has 1 aromatic carbocycles. The van der Waals surface area contributed by atoms with Crippen molar-refractivity contribution in [1.29, 1.82) is 0 Å². The van der Waals surface area contributed by atoms with Crippen molar-refractivity contribution in [2.24, 2.45) is 0 Å². The number of hydrogen-bond donors (Lipinski definition) is 1. The Bertz CT molecular complexity index is 899. The molecule has 27 heavy (non-hydrogen) atoms. The molecule has 2 heterocycles. The molecule has 1 fully saturated rings. The van der Waals surface area contributed by atoms with Crippen LogP contribution in [0, 0.1) is 10.1 Å². The van der Waals surface area contributed by atoms with Gasteiger partial charge in [-0.15, -0.1) is 11.6 Å². The van der Waals surface area contributed by atoms with E-state index < -0.39 is 34.8 Å². The quantitative estimate of drug-likeness (QED) is 0.303. The molecule has 0 saturated carbocycles. The van der Waals surface area contributed by atoms with Gasteiger partial charge in [0.25, 0.3) is 17.5 Å². The second kappa shape index (κ2) is 7.84. The second-order valence-electron chi connectivity index (χ2n) is 5.38. The lowest BCUT2D eigenvalue weighted by atomic mass is 9.94. The van der Waals surface area contributed by atoms with Crippen molar-refractivity contribution in [1.82, 2.24) is 20.4 Å². The number of carbonyl (C=O) groups excluding carboxylic acids is 2. The molecule has 2 unspecified atom stereocenters. The number of benzene rings is 1. The van der Waals surface area contributed by atoms with Gasteiger partial charge in [-0.2, -0.15) is 0 Å². The van der Waals surface area contributed by atoms with E-state index in [4.69, 9.17) is 16.3 Å². The summed E-state index contributed by atoms with van der Waals surface area (Å²) < 4.78 is 5.65. The molecule has 1 N–H and O–H groups in total. The minimum Gasteiger partial charge on any atom is -0.466 e. The van der Waals surface area contributed by atoms with Crippen LogP contribution in [0.3, 0.4) is 0 Å². The fourth-order valence-corrected chi connectivity index (χ4v) is 3.17. The van der Waals surface area contributed by atoms with Gasteiger partial charge in [0.15, 0.2) is 6.61 Å². The van der Waals surface area contributed by atoms with Gasteiger partial charge >= 0.3 is 0 Å². The molecule has 1 saturated heterocycles. The monoisotopic (exact) mass is 455 g/mol. The topological polar surface area (TPSA) is 128 Å². The Morgan fingerprint density at radius 3 is 2.89 bits per heavy atom. The summed E-state index contributed by atoms with van der Waals surface area (Å²) in [6.07, 6.45) is 4.17. The molecule has 2 amide bonds. The summed E-state index contributed by atoms with van der Waals surface area (Å²) in [6.45, 7) is -0.426. The van der Waals surface area contributed by atoms with Gasteiger partial charge in [-0.05, 0) is 12.1 Å². The van der Waals surface area contributed by atoms with Gasteiger partial charge in [0, 0.05) is 22.9 Å². The van der Waals surface area contributed by atoms with Crippen LogP contribution in [-0.2, 0) is 9.59 Å². The molecule has 0 aliphatic carbocycles. The van der Waals surface area contributed by atoms with Crippen LogP contribution in [0.25, 0.3) is 0 Å². The van der Waals surface area contributed by atoms with Crippen LogP contribution in [0.5, 0.6) is 5.88 Å². The number of hydrazine groups is 1. The van der Waals surface area contributed by atoms with Gasteiger partial charge in [-0.3, -0.25) is 30.1 Å². The van der Waals surface area contributed by atoms with E-state index in [0.717, 1.165) is 5.01 Å². The number of nitro groups is 1. The zero-order valence-electron chi connectivity index (χ0n) is 13.4. The lowest BCUT2D eigenvalue weighted by Crippen LogP contribution is -2.63. The van der Waals surface area contributed by atoms with E-state index in [1.54, 1.807) is 6.07 Å². The Morgan fingerprint density at radius 2 is 2.22 bits per heavy atom. The first kappa shape index (κ1) is 19.0. The van der Waals surface area contributed by atoms with Gasteiger partial charge in [0.05, 0.1) is 16.7 Å². The lowest BCUT2D eigenvalue weighted by molar-refractivity contribution is -0.386. The highest BCUT2D eigenvalue weighted by Crippen LogP contribution is 2.41. The number of alkyl halides is 1. The molecule has 1 aliphatic rings. The molecular formula is C15H11BrClN5O5. The van der Waals surface area contributed by atoms with Crippen molar-refractivity contribution >= 4 is 45.0 Å². The number of ether oxygens (including phenoxy) is 1. The molecule has 1 aliphatic heterocycles. The maximum atomic E-state index is 12.1. The van der Waals surface area contributed by atoms with Gasteiger partial charge < -0.3 is 4.74 Å². The SMILES string of the molecule is O=C(COc1cnccn1)NN1C(=O)C(Cl)C1c1ccc(Br)cc1[N+](=O)[O-]. The first-order valence-electron chi connectivity index (χ1n) is 7.47. The van der Waals surface area contributed by atoms with Crippen LogP contribution >= 0.6 is 27.5 Å². The molecule has 0 bridgehead atoms. The van der Waals surface area contributed by atoms with Crippen LogP contribution < -0.4 is 10.2 Å². The highest BCUT2D eigenvalue weighted by atomic mass is 79.9. The number of nitrogens with zero attached hydrogens (tertiary/aromatic N) is 4. The number of nitro benzene ring substituents is 1. The van der Waals surface area contributed by atoms with Crippen LogP contribution in [0.2, 0.25) is 0 Å². The average molecular weight is 457 g/mol. The summed E-state index contributed by atoms with van der Waals surface area (Å²) in [5, 5.41) is 11.2. The number of carbonyl (C=O) groups is 2. The van der Waals surface area contributed by atoms with E-state index in [9.17, 15) is 19.7 Å². The molecule has 12 heteroatoms. The number of nitrogens with one attached hydrogen (secondary N) is 1. The first-order valence-corrected chi connectivity index (χ1v) is 8.70. The summed E-state index contributed by atoms with van der Waals surface area (Å²) >= 11 is 9.20. The van der Waals surface area contributed by atoms with Crippen LogP contribution in [0.1, 0.15) is 11.6 Å². The standard InChI is InChI=1S/C15H11BrClN5O5/c16-8-1-2-9(10(5-8)22(25)26)14-13(17)15(24)21(14)20-11(23)7-27-12-6-18-3-4-19-12/h1-6,13-14H,7H2,(H,20,23). The van der Waals surface area contributed by atoms with Crippen LogP contribution in [0.15, 0.2) is 41.3 Å². The molecule has 3 rings (SSSR count). The van der Waals surface area contributed by atoms with Gasteiger partial charge in [0.2, 0.25) is 5.88 Å². The maximum absolute atomic E-state index is 12.1. The van der Waals surface area contributed by atoms with E-state index in [1.807, 2.05) is 0 Å². The third kappa shape index (κ3) is 3.98. The fraction of sp³-hybridized carbons (Fsp3) is 0.200. The van der Waals surface area contributed by atoms with Crippen molar-refractivity contribution in [3.05, 3.63) is 56.9 Å². The molecule has 1 aromatic heterocycles. The third-order valence-corrected chi connectivity index (χ3v) is 4.59. The van der Waals surface area contributed by atoms with Crippen molar-refractivity contribution < 1.29 is 19.2 Å². The van der Waals surface area contributed by atoms with Crippen molar-refractivity contribution in [3.8, 4) is 5.88 Å². The van der Waals surface area contributed by atoms with Crippen molar-refractivity contribution in [3.63, 3.8) is 0 Å². The van der Waals surface area contributed by atoms with Gasteiger partial charge in [-0.25, -0.2) is 9.99 Å². The van der Waals surface area contributed by atoms with Crippen LogP contribution in [0.4, 0.5) is 5.69 Å². The lowest BCUT2D eigenvalue weighted by Gasteiger charge is -2.43. The third-order valence-electron chi connectivity index (χ3n) is 3.67. The Hall–Kier alpha value is -2.79. The number of β-lactam (4-membered cyclic amide) rings is 1. The number of halogens is 2. The van der Waals surface area contributed by atoms with E-state index in [0.29, 0.717) is 4.47 Å². The molecule has 0 radical (unpaired) electrons. The van der Waals surface area contributed by atoms with Gasteiger partial charge in [-0.1, -0.05) is 15.9 Å². The minimum atomic E-state index is -1.04. The Kier molecular flexibility index (Phi) is 5.51. The molecule has 2 aromatic rings. The van der Waals surface area contributed by atoms with E-state index >= 15 is 0 Å². The number of hydrogen-bond acceptors (Lipinski definition) is 7. The van der Waals surface area contributed by atoms with Crippen molar-refractivity contribution in [2.45, 2.75) is 11.4 Å².